The molecule has 3 rings (SSSR count). The summed E-state index contributed by atoms with van der Waals surface area (Å²) in [6.07, 6.45) is 0. The lowest BCUT2D eigenvalue weighted by Crippen LogP contribution is -2.03. The predicted molar refractivity (Wildman–Crippen MR) is 89.2 cm³/mol. The molecule has 0 bridgehead atoms. The molecule has 0 aliphatic carbocycles. The number of phenols is 1. The fraction of sp³-hybridized carbons (Fsp3) is 0.200. The highest BCUT2D eigenvalue weighted by Gasteiger charge is 2.09. The molecular formula is C15H15N3OS2. The van der Waals surface area contributed by atoms with Gasteiger partial charge in [-0.3, -0.25) is 0 Å². The van der Waals surface area contributed by atoms with Gasteiger partial charge in [0.25, 0.3) is 0 Å². The molecule has 6 heteroatoms. The minimum atomic E-state index is 0.298. The van der Waals surface area contributed by atoms with E-state index in [9.17, 15) is 5.11 Å². The number of para-hydroxylation sites is 1. The van der Waals surface area contributed by atoms with E-state index in [0.29, 0.717) is 11.5 Å². The Bertz CT molecular complexity index is 758. The third-order valence-corrected chi connectivity index (χ3v) is 4.80. The Hall–Kier alpha value is -1.79. The maximum Gasteiger partial charge on any atom is 0.142 e. The van der Waals surface area contributed by atoms with Gasteiger partial charge in [-0.15, -0.1) is 23.1 Å². The number of nitrogens with one attached hydrogen (secondary N) is 1. The van der Waals surface area contributed by atoms with Crippen molar-refractivity contribution in [2.75, 3.05) is 11.9 Å². The van der Waals surface area contributed by atoms with Crippen LogP contribution in [-0.4, -0.2) is 21.6 Å². The van der Waals surface area contributed by atoms with Crippen molar-refractivity contribution in [3.05, 3.63) is 41.5 Å². The van der Waals surface area contributed by atoms with Gasteiger partial charge < -0.3 is 10.4 Å². The highest BCUT2D eigenvalue weighted by molar-refractivity contribution is 7.98. The second kappa shape index (κ2) is 6.32. The molecule has 1 aromatic carbocycles. The molecule has 0 fully saturated rings. The van der Waals surface area contributed by atoms with Crippen LogP contribution in [0, 0.1) is 0 Å². The van der Waals surface area contributed by atoms with Gasteiger partial charge in [-0.05, 0) is 30.5 Å². The molecule has 0 amide bonds. The van der Waals surface area contributed by atoms with Crippen molar-refractivity contribution >= 4 is 39.1 Å². The van der Waals surface area contributed by atoms with Gasteiger partial charge in [0.05, 0.1) is 11.1 Å². The normalized spacial score (nSPS) is 10.9. The number of thiophene rings is 1. The Morgan fingerprint density at radius 3 is 2.90 bits per heavy atom. The van der Waals surface area contributed by atoms with E-state index in [0.717, 1.165) is 33.3 Å². The van der Waals surface area contributed by atoms with Crippen LogP contribution in [0.1, 0.15) is 12.7 Å². The Labute approximate surface area is 131 Å². The van der Waals surface area contributed by atoms with Gasteiger partial charge in [-0.1, -0.05) is 12.1 Å². The predicted octanol–water partition coefficient (Wildman–Crippen LogP) is 4.12. The van der Waals surface area contributed by atoms with Gasteiger partial charge in [-0.25, -0.2) is 9.97 Å². The molecule has 21 heavy (non-hydrogen) atoms. The molecule has 0 unspecified atom stereocenters. The summed E-state index contributed by atoms with van der Waals surface area (Å²) < 4.78 is 0. The van der Waals surface area contributed by atoms with E-state index >= 15 is 0 Å². The number of rotatable bonds is 5. The minimum Gasteiger partial charge on any atom is -0.507 e. The maximum absolute atomic E-state index is 9.79. The fourth-order valence-corrected chi connectivity index (χ4v) is 3.58. The number of benzene rings is 1. The molecule has 0 atom stereocenters. The third-order valence-electron chi connectivity index (χ3n) is 2.94. The molecule has 0 radical (unpaired) electrons. The molecule has 2 heterocycles. The first-order valence-electron chi connectivity index (χ1n) is 6.66. The molecule has 2 N–H and O–H groups in total. The SMILES string of the molecule is CCNc1nc(CSc2ccccc2O)nc2sccc12. The lowest BCUT2D eigenvalue weighted by Gasteiger charge is -2.07. The van der Waals surface area contributed by atoms with Crippen LogP contribution in [0.2, 0.25) is 0 Å². The van der Waals surface area contributed by atoms with E-state index in [1.807, 2.05) is 29.6 Å². The van der Waals surface area contributed by atoms with Crippen LogP contribution in [0.15, 0.2) is 40.6 Å². The van der Waals surface area contributed by atoms with Crippen LogP contribution in [0.5, 0.6) is 5.75 Å². The summed E-state index contributed by atoms with van der Waals surface area (Å²) >= 11 is 3.16. The number of phenolic OH excluding ortho intramolecular Hbond substituents is 1. The van der Waals surface area contributed by atoms with Crippen molar-refractivity contribution in [1.82, 2.24) is 9.97 Å². The van der Waals surface area contributed by atoms with Crippen LogP contribution in [0.25, 0.3) is 10.2 Å². The van der Waals surface area contributed by atoms with Crippen LogP contribution in [0.3, 0.4) is 0 Å². The second-order valence-electron chi connectivity index (χ2n) is 4.41. The average Bonchev–Trinajstić information content (AvgIpc) is 2.95. The Morgan fingerprint density at radius 2 is 2.10 bits per heavy atom. The molecule has 108 valence electrons. The highest BCUT2D eigenvalue weighted by Crippen LogP contribution is 2.31. The van der Waals surface area contributed by atoms with Gasteiger partial charge in [0.1, 0.15) is 22.2 Å². The highest BCUT2D eigenvalue weighted by atomic mass is 32.2. The van der Waals surface area contributed by atoms with E-state index in [1.165, 1.54) is 11.8 Å². The Kier molecular flexibility index (Phi) is 4.26. The first kappa shape index (κ1) is 14.2. The van der Waals surface area contributed by atoms with E-state index in [4.69, 9.17) is 0 Å². The number of anilines is 1. The summed E-state index contributed by atoms with van der Waals surface area (Å²) in [5, 5.41) is 16.2. The average molecular weight is 317 g/mol. The molecule has 3 aromatic rings. The van der Waals surface area contributed by atoms with Gasteiger partial charge in [0, 0.05) is 11.4 Å². The maximum atomic E-state index is 9.79. The van der Waals surface area contributed by atoms with E-state index in [1.54, 1.807) is 17.4 Å². The zero-order valence-corrected chi connectivity index (χ0v) is 13.2. The zero-order chi connectivity index (χ0) is 14.7. The largest absolute Gasteiger partial charge is 0.507 e. The van der Waals surface area contributed by atoms with Crippen molar-refractivity contribution in [3.8, 4) is 5.75 Å². The Morgan fingerprint density at radius 1 is 1.24 bits per heavy atom. The summed E-state index contributed by atoms with van der Waals surface area (Å²) in [4.78, 5) is 11.0. The fourth-order valence-electron chi connectivity index (χ4n) is 1.99. The van der Waals surface area contributed by atoms with Crippen LogP contribution in [0.4, 0.5) is 5.82 Å². The molecular weight excluding hydrogens is 302 g/mol. The van der Waals surface area contributed by atoms with Crippen molar-refractivity contribution in [2.45, 2.75) is 17.6 Å². The molecule has 0 aliphatic heterocycles. The summed E-state index contributed by atoms with van der Waals surface area (Å²) in [5.74, 6) is 2.58. The topological polar surface area (TPSA) is 58.0 Å². The van der Waals surface area contributed by atoms with Gasteiger partial charge in [0.2, 0.25) is 0 Å². The number of hydrogen-bond donors (Lipinski definition) is 2. The number of aromatic hydroxyl groups is 1. The molecule has 0 saturated heterocycles. The van der Waals surface area contributed by atoms with Gasteiger partial charge >= 0.3 is 0 Å². The standard InChI is InChI=1S/C15H15N3OS2/c1-2-16-14-10-7-8-20-15(10)18-13(17-14)9-21-12-6-4-3-5-11(12)19/h3-8,19H,2,9H2,1H3,(H,16,17,18). The van der Waals surface area contributed by atoms with E-state index in [-0.39, 0.29) is 0 Å². The quantitative estimate of drug-likeness (QED) is 0.693. The molecule has 2 aromatic heterocycles. The van der Waals surface area contributed by atoms with Crippen LogP contribution < -0.4 is 5.32 Å². The second-order valence-corrected chi connectivity index (χ2v) is 6.33. The first-order valence-corrected chi connectivity index (χ1v) is 8.53. The summed E-state index contributed by atoms with van der Waals surface area (Å²) in [5.41, 5.74) is 0. The summed E-state index contributed by atoms with van der Waals surface area (Å²) in [6.45, 7) is 2.88. The Balaban J connectivity index is 1.85. The zero-order valence-electron chi connectivity index (χ0n) is 11.5. The molecule has 0 saturated carbocycles. The van der Waals surface area contributed by atoms with Crippen molar-refractivity contribution in [3.63, 3.8) is 0 Å². The smallest absolute Gasteiger partial charge is 0.142 e. The van der Waals surface area contributed by atoms with Crippen molar-refractivity contribution in [2.24, 2.45) is 0 Å². The van der Waals surface area contributed by atoms with E-state index < -0.39 is 0 Å². The summed E-state index contributed by atoms with van der Waals surface area (Å²) in [6, 6.07) is 9.36. The van der Waals surface area contributed by atoms with Gasteiger partial charge in [0.15, 0.2) is 0 Å². The minimum absolute atomic E-state index is 0.298. The van der Waals surface area contributed by atoms with Crippen molar-refractivity contribution < 1.29 is 5.11 Å². The van der Waals surface area contributed by atoms with Crippen LogP contribution in [-0.2, 0) is 5.75 Å². The number of aromatic nitrogens is 2. The molecule has 4 nitrogen and oxygen atoms in total. The monoisotopic (exact) mass is 317 g/mol. The number of fused-ring (bicyclic) bond motifs is 1. The first-order chi connectivity index (χ1) is 10.3. The number of nitrogens with zero attached hydrogens (tertiary/aromatic N) is 2. The lowest BCUT2D eigenvalue weighted by molar-refractivity contribution is 0.462. The molecule has 0 spiro atoms. The van der Waals surface area contributed by atoms with Gasteiger partial charge in [-0.2, -0.15) is 0 Å². The molecule has 0 aliphatic rings. The number of hydrogen-bond acceptors (Lipinski definition) is 6. The third kappa shape index (κ3) is 3.11. The lowest BCUT2D eigenvalue weighted by atomic mass is 10.3. The summed E-state index contributed by atoms with van der Waals surface area (Å²) in [7, 11) is 0. The van der Waals surface area contributed by atoms with E-state index in [2.05, 4.69) is 22.2 Å². The number of thioether (sulfide) groups is 1. The van der Waals surface area contributed by atoms with Crippen molar-refractivity contribution in [1.29, 1.82) is 0 Å². The van der Waals surface area contributed by atoms with Crippen LogP contribution >= 0.6 is 23.1 Å².